The minimum Gasteiger partial charge on any atom is -0.480 e. The molecule has 26 heavy (non-hydrogen) atoms. The Morgan fingerprint density at radius 3 is 3.00 bits per heavy atom. The van der Waals surface area contributed by atoms with Crippen LogP contribution < -0.4 is 10.5 Å². The van der Waals surface area contributed by atoms with Crippen molar-refractivity contribution in [1.82, 2.24) is 4.90 Å². The Bertz CT molecular complexity index is 866. The second-order valence-electron chi connectivity index (χ2n) is 7.95. The van der Waals surface area contributed by atoms with Crippen LogP contribution in [0.5, 0.6) is 5.75 Å². The van der Waals surface area contributed by atoms with Crippen LogP contribution in [0.3, 0.4) is 0 Å². The van der Waals surface area contributed by atoms with Gasteiger partial charge >= 0.3 is 0 Å². The third-order valence-electron chi connectivity index (χ3n) is 7.02. The lowest BCUT2D eigenvalue weighted by atomic mass is 9.49. The highest BCUT2D eigenvalue weighted by atomic mass is 16.5. The first-order valence-electron chi connectivity index (χ1n) is 9.17. The number of nitrogens with two attached hydrogens (primary N) is 1. The van der Waals surface area contributed by atoms with E-state index in [1.165, 1.54) is 0 Å². The summed E-state index contributed by atoms with van der Waals surface area (Å²) in [5.41, 5.74) is 5.91. The molecule has 2 aliphatic carbocycles. The molecular formula is C20H22N2O4. The first-order valence-corrected chi connectivity index (χ1v) is 9.17. The number of nitrogens with zero attached hydrogens (tertiary/aromatic N) is 1. The number of hydrogen-bond acceptors (Lipinski definition) is 5. The molecule has 1 aromatic rings. The van der Waals surface area contributed by atoms with E-state index >= 15 is 0 Å². The normalized spacial score (nSPS) is 37.0. The second kappa shape index (κ2) is 4.96. The van der Waals surface area contributed by atoms with E-state index in [1.807, 2.05) is 12.1 Å². The molecule has 5 rings (SSSR count). The zero-order valence-corrected chi connectivity index (χ0v) is 14.5. The van der Waals surface area contributed by atoms with E-state index < -0.39 is 23.0 Å². The Labute approximate surface area is 151 Å². The van der Waals surface area contributed by atoms with Crippen LogP contribution in [0.15, 0.2) is 24.8 Å². The molecule has 3 N–H and O–H groups in total. The van der Waals surface area contributed by atoms with E-state index in [4.69, 9.17) is 10.5 Å². The number of hydrogen-bond donors (Lipinski definition) is 2. The molecule has 6 nitrogen and oxygen atoms in total. The quantitative estimate of drug-likeness (QED) is 0.780. The molecule has 136 valence electrons. The summed E-state index contributed by atoms with van der Waals surface area (Å²) in [6.45, 7) is 5.30. The van der Waals surface area contributed by atoms with Crippen molar-refractivity contribution in [3.63, 3.8) is 0 Å². The van der Waals surface area contributed by atoms with Crippen molar-refractivity contribution >= 4 is 11.7 Å². The van der Waals surface area contributed by atoms with Crippen LogP contribution >= 0.6 is 0 Å². The number of ketones is 1. The highest BCUT2D eigenvalue weighted by Gasteiger charge is 2.72. The summed E-state index contributed by atoms with van der Waals surface area (Å²) in [5.74, 6) is -0.144. The lowest BCUT2D eigenvalue weighted by Crippen LogP contribution is -2.76. The van der Waals surface area contributed by atoms with Crippen molar-refractivity contribution < 1.29 is 19.4 Å². The van der Waals surface area contributed by atoms with Gasteiger partial charge in [0, 0.05) is 31.1 Å². The highest BCUT2D eigenvalue weighted by molar-refractivity contribution is 5.98. The minimum atomic E-state index is -1.05. The van der Waals surface area contributed by atoms with Crippen LogP contribution in [-0.2, 0) is 16.6 Å². The summed E-state index contributed by atoms with van der Waals surface area (Å²) in [4.78, 5) is 26.9. The molecule has 1 spiro atoms. The molecule has 1 unspecified atom stereocenters. The Hall–Kier alpha value is -2.18. The van der Waals surface area contributed by atoms with Gasteiger partial charge in [0.15, 0.2) is 11.9 Å². The van der Waals surface area contributed by atoms with Crippen molar-refractivity contribution in [3.05, 3.63) is 41.5 Å². The van der Waals surface area contributed by atoms with Gasteiger partial charge in [-0.3, -0.25) is 14.5 Å². The summed E-state index contributed by atoms with van der Waals surface area (Å²) in [6.07, 6.45) is 3.11. The summed E-state index contributed by atoms with van der Waals surface area (Å²) in [5, 5.41) is 11.9. The van der Waals surface area contributed by atoms with Gasteiger partial charge in [-0.1, -0.05) is 12.1 Å². The number of amides is 1. The van der Waals surface area contributed by atoms with E-state index in [9.17, 15) is 14.7 Å². The van der Waals surface area contributed by atoms with E-state index in [0.29, 0.717) is 37.1 Å². The number of likely N-dealkylation sites (tertiary alicyclic amines) is 1. The Morgan fingerprint density at radius 1 is 1.46 bits per heavy atom. The van der Waals surface area contributed by atoms with Crippen LogP contribution in [-0.4, -0.2) is 52.5 Å². The van der Waals surface area contributed by atoms with E-state index in [0.717, 1.165) is 17.7 Å². The maximum atomic E-state index is 12.8. The molecule has 2 bridgehead atoms. The molecule has 2 fully saturated rings. The summed E-state index contributed by atoms with van der Waals surface area (Å²) in [7, 11) is 0. The Morgan fingerprint density at radius 2 is 2.27 bits per heavy atom. The number of Topliss-reactive ketones (excluding diaryl/α,β-unsaturated/α-hetero) is 1. The molecular weight excluding hydrogens is 332 g/mol. The van der Waals surface area contributed by atoms with Gasteiger partial charge in [0.05, 0.1) is 16.6 Å². The second-order valence-corrected chi connectivity index (χ2v) is 7.95. The molecule has 1 aromatic carbocycles. The fourth-order valence-corrected chi connectivity index (χ4v) is 6.01. The zero-order chi connectivity index (χ0) is 18.3. The van der Waals surface area contributed by atoms with Gasteiger partial charge < -0.3 is 15.6 Å². The zero-order valence-electron chi connectivity index (χ0n) is 14.5. The monoisotopic (exact) mass is 354 g/mol. The smallest absolute Gasteiger partial charge is 0.252 e. The van der Waals surface area contributed by atoms with Crippen LogP contribution in [0.2, 0.25) is 0 Å². The number of primary amides is 1. The van der Waals surface area contributed by atoms with Crippen molar-refractivity contribution in [2.45, 2.75) is 48.8 Å². The number of rotatable bonds is 3. The van der Waals surface area contributed by atoms with Gasteiger partial charge in [-0.15, -0.1) is 6.58 Å². The average Bonchev–Trinajstić information content (AvgIpc) is 2.95. The third kappa shape index (κ3) is 1.60. The fourth-order valence-electron chi connectivity index (χ4n) is 6.01. The molecule has 4 aliphatic rings. The molecule has 1 saturated heterocycles. The van der Waals surface area contributed by atoms with Gasteiger partial charge in [0.2, 0.25) is 0 Å². The number of carbonyl (C=O) groups excluding carboxylic acids is 2. The molecule has 0 aromatic heterocycles. The lowest BCUT2D eigenvalue weighted by Gasteiger charge is -2.62. The summed E-state index contributed by atoms with van der Waals surface area (Å²) >= 11 is 0. The van der Waals surface area contributed by atoms with Crippen LogP contribution in [0, 0.1) is 0 Å². The molecule has 6 heteroatoms. The lowest BCUT2D eigenvalue weighted by molar-refractivity contribution is -0.187. The highest BCUT2D eigenvalue weighted by Crippen LogP contribution is 2.63. The van der Waals surface area contributed by atoms with E-state index in [2.05, 4.69) is 11.5 Å². The Kier molecular flexibility index (Phi) is 3.06. The standard InChI is InChI=1S/C20H22N2O4/c1-2-8-22-9-7-19-15-11-3-4-12(18(21)24)16(15)26-17(19)13(23)5-6-20(19,25)14(22)10-11/h2-4,14,17,25H,1,5-10H2,(H2,21,24)/t14?,17-,19-,20+/m0/s1. The third-order valence-corrected chi connectivity index (χ3v) is 7.02. The van der Waals surface area contributed by atoms with Crippen molar-refractivity contribution in [1.29, 1.82) is 0 Å². The largest absolute Gasteiger partial charge is 0.480 e. The predicted molar refractivity (Wildman–Crippen MR) is 94.1 cm³/mol. The van der Waals surface area contributed by atoms with Gasteiger partial charge in [-0.05, 0) is 30.9 Å². The Balaban J connectivity index is 1.80. The van der Waals surface area contributed by atoms with Crippen LogP contribution in [0.25, 0.3) is 0 Å². The van der Waals surface area contributed by atoms with Crippen molar-refractivity contribution in [2.75, 3.05) is 13.1 Å². The van der Waals surface area contributed by atoms with Gasteiger partial charge in [0.25, 0.3) is 5.91 Å². The average molecular weight is 354 g/mol. The van der Waals surface area contributed by atoms with Gasteiger partial charge in [0.1, 0.15) is 5.75 Å². The van der Waals surface area contributed by atoms with Crippen LogP contribution in [0.4, 0.5) is 0 Å². The van der Waals surface area contributed by atoms with Crippen LogP contribution in [0.1, 0.15) is 40.7 Å². The summed E-state index contributed by atoms with van der Waals surface area (Å²) in [6, 6.07) is 3.51. The number of benzene rings is 1. The molecule has 4 atom stereocenters. The minimum absolute atomic E-state index is 0.00469. The predicted octanol–water partition coefficient (Wildman–Crippen LogP) is 0.695. The maximum Gasteiger partial charge on any atom is 0.252 e. The summed E-state index contributed by atoms with van der Waals surface area (Å²) < 4.78 is 6.09. The molecule has 1 amide bonds. The van der Waals surface area contributed by atoms with Gasteiger partial charge in [-0.25, -0.2) is 0 Å². The molecule has 2 aliphatic heterocycles. The molecule has 0 radical (unpaired) electrons. The first-order chi connectivity index (χ1) is 12.4. The van der Waals surface area contributed by atoms with Crippen molar-refractivity contribution in [2.24, 2.45) is 5.73 Å². The van der Waals surface area contributed by atoms with Crippen molar-refractivity contribution in [3.8, 4) is 5.75 Å². The number of ether oxygens (including phenoxy) is 1. The first kappa shape index (κ1) is 16.0. The van der Waals surface area contributed by atoms with E-state index in [-0.39, 0.29) is 18.2 Å². The topological polar surface area (TPSA) is 92.9 Å². The van der Waals surface area contributed by atoms with Gasteiger partial charge in [-0.2, -0.15) is 0 Å². The maximum absolute atomic E-state index is 12.8. The number of piperidine rings is 1. The van der Waals surface area contributed by atoms with E-state index in [1.54, 1.807) is 6.07 Å². The SMILES string of the molecule is C=CCN1CC[C@]23c4c5ccc(C(N)=O)c4O[C@H]2C(=O)CC[C@@]3(O)C1C5. The number of carbonyl (C=O) groups is 2. The molecule has 2 heterocycles. The fraction of sp³-hybridized carbons (Fsp3) is 0.500. The number of aliphatic hydroxyl groups is 1. The molecule has 1 saturated carbocycles.